The highest BCUT2D eigenvalue weighted by Gasteiger charge is 2.10. The van der Waals surface area contributed by atoms with Crippen LogP contribution >= 0.6 is 0 Å². The second-order valence-electron chi connectivity index (χ2n) is 2.15. The summed E-state index contributed by atoms with van der Waals surface area (Å²) in [4.78, 5) is 0. The molecule has 0 unspecified atom stereocenters. The first-order chi connectivity index (χ1) is 3.43. The molecule has 0 saturated heterocycles. The quantitative estimate of drug-likeness (QED) is 0.484. The van der Waals surface area contributed by atoms with Gasteiger partial charge in [-0.25, -0.2) is 0 Å². The third kappa shape index (κ3) is 1.16. The van der Waals surface area contributed by atoms with E-state index in [9.17, 15) is 0 Å². The highest BCUT2D eigenvalue weighted by Crippen LogP contribution is 2.16. The summed E-state index contributed by atoms with van der Waals surface area (Å²) < 4.78 is 0. The summed E-state index contributed by atoms with van der Waals surface area (Å²) in [6.45, 7) is 0. The Morgan fingerprint density at radius 3 is 2.14 bits per heavy atom. The number of rotatable bonds is 1. The number of hydrogen-bond acceptors (Lipinski definition) is 1. The Hall–Kier alpha value is -0.0400. The van der Waals surface area contributed by atoms with E-state index in [1.165, 1.54) is 25.7 Å². The first-order valence-corrected chi connectivity index (χ1v) is 2.89. The van der Waals surface area contributed by atoms with Gasteiger partial charge in [-0.15, -0.1) is 0 Å². The molecule has 1 fully saturated rings. The SMILES string of the molecule is [CH]NC1CCCC1. The Bertz CT molecular complexity index is 46.1. The van der Waals surface area contributed by atoms with Crippen molar-refractivity contribution >= 4 is 0 Å². The van der Waals surface area contributed by atoms with Crippen molar-refractivity contribution in [3.05, 3.63) is 7.05 Å². The van der Waals surface area contributed by atoms with Crippen LogP contribution in [0, 0.1) is 7.05 Å². The Morgan fingerprint density at radius 1 is 1.29 bits per heavy atom. The van der Waals surface area contributed by atoms with Crippen LogP contribution in [0.5, 0.6) is 0 Å². The van der Waals surface area contributed by atoms with Crippen molar-refractivity contribution in [3.63, 3.8) is 0 Å². The van der Waals surface area contributed by atoms with E-state index < -0.39 is 0 Å². The van der Waals surface area contributed by atoms with Crippen LogP contribution in [-0.2, 0) is 0 Å². The minimum Gasteiger partial charge on any atom is -0.308 e. The minimum absolute atomic E-state index is 0.625. The summed E-state index contributed by atoms with van der Waals surface area (Å²) in [7, 11) is 5.18. The third-order valence-corrected chi connectivity index (χ3v) is 1.59. The summed E-state index contributed by atoms with van der Waals surface area (Å²) in [5.74, 6) is 0. The van der Waals surface area contributed by atoms with Crippen LogP contribution < -0.4 is 5.32 Å². The average Bonchev–Trinajstić information content (AvgIpc) is 2.14. The summed E-state index contributed by atoms with van der Waals surface area (Å²) in [6, 6.07) is 0.625. The maximum atomic E-state index is 5.18. The van der Waals surface area contributed by atoms with Gasteiger partial charge in [0.25, 0.3) is 0 Å². The van der Waals surface area contributed by atoms with E-state index in [0.717, 1.165) is 0 Å². The van der Waals surface area contributed by atoms with E-state index in [1.807, 2.05) is 0 Å². The first-order valence-electron chi connectivity index (χ1n) is 2.89. The summed E-state index contributed by atoms with van der Waals surface area (Å²) >= 11 is 0. The molecule has 1 nitrogen and oxygen atoms in total. The van der Waals surface area contributed by atoms with Crippen molar-refractivity contribution < 1.29 is 0 Å². The second kappa shape index (κ2) is 2.31. The smallest absolute Gasteiger partial charge is 0.0409 e. The molecule has 0 aromatic carbocycles. The molecule has 0 aromatic rings. The summed E-state index contributed by atoms with van der Waals surface area (Å²) in [5.41, 5.74) is 0. The van der Waals surface area contributed by atoms with E-state index in [0.29, 0.717) is 6.04 Å². The lowest BCUT2D eigenvalue weighted by molar-refractivity contribution is 0.605. The van der Waals surface area contributed by atoms with Crippen LogP contribution in [0.3, 0.4) is 0 Å². The molecular formula is C6H11N. The molecule has 1 aliphatic carbocycles. The lowest BCUT2D eigenvalue weighted by atomic mass is 10.3. The van der Waals surface area contributed by atoms with Crippen LogP contribution in [-0.4, -0.2) is 6.04 Å². The Balaban J connectivity index is 2.14. The molecule has 0 bridgehead atoms. The van der Waals surface area contributed by atoms with E-state index in [1.54, 1.807) is 0 Å². The molecular weight excluding hydrogens is 86.1 g/mol. The molecule has 7 heavy (non-hydrogen) atoms. The van der Waals surface area contributed by atoms with E-state index in [-0.39, 0.29) is 0 Å². The maximum Gasteiger partial charge on any atom is 0.0409 e. The lowest BCUT2D eigenvalue weighted by Crippen LogP contribution is -2.17. The average molecular weight is 97.2 g/mol. The molecule has 0 spiro atoms. The molecule has 2 radical (unpaired) electrons. The minimum atomic E-state index is 0.625. The first kappa shape index (κ1) is 5.10. The van der Waals surface area contributed by atoms with Crippen LogP contribution in [0.15, 0.2) is 0 Å². The fourth-order valence-corrected chi connectivity index (χ4v) is 1.09. The van der Waals surface area contributed by atoms with Gasteiger partial charge in [-0.3, -0.25) is 0 Å². The van der Waals surface area contributed by atoms with Gasteiger partial charge in [0.2, 0.25) is 0 Å². The van der Waals surface area contributed by atoms with Gasteiger partial charge in [-0.1, -0.05) is 12.8 Å². The van der Waals surface area contributed by atoms with Gasteiger partial charge in [0, 0.05) is 13.1 Å². The predicted molar refractivity (Wildman–Crippen MR) is 29.7 cm³/mol. The van der Waals surface area contributed by atoms with Crippen LogP contribution in [0.25, 0.3) is 0 Å². The Kier molecular flexibility index (Phi) is 1.69. The molecule has 1 aliphatic rings. The van der Waals surface area contributed by atoms with Crippen molar-refractivity contribution in [3.8, 4) is 0 Å². The molecule has 1 rings (SSSR count). The van der Waals surface area contributed by atoms with E-state index in [4.69, 9.17) is 7.05 Å². The highest BCUT2D eigenvalue weighted by molar-refractivity contribution is 4.72. The van der Waals surface area contributed by atoms with Crippen LogP contribution in [0.1, 0.15) is 25.7 Å². The summed E-state index contributed by atoms with van der Waals surface area (Å²) in [5, 5.41) is 2.76. The zero-order chi connectivity index (χ0) is 5.11. The van der Waals surface area contributed by atoms with Crippen LogP contribution in [0.2, 0.25) is 0 Å². The van der Waals surface area contributed by atoms with Gasteiger partial charge in [0.15, 0.2) is 0 Å². The van der Waals surface area contributed by atoms with Gasteiger partial charge in [-0.2, -0.15) is 0 Å². The van der Waals surface area contributed by atoms with E-state index >= 15 is 0 Å². The Labute approximate surface area is 45.1 Å². The molecule has 1 saturated carbocycles. The van der Waals surface area contributed by atoms with Crippen LogP contribution in [0.4, 0.5) is 0 Å². The topological polar surface area (TPSA) is 12.0 Å². The molecule has 40 valence electrons. The highest BCUT2D eigenvalue weighted by atomic mass is 14.9. The lowest BCUT2D eigenvalue weighted by Gasteiger charge is -2.02. The van der Waals surface area contributed by atoms with Gasteiger partial charge >= 0.3 is 0 Å². The summed E-state index contributed by atoms with van der Waals surface area (Å²) in [6.07, 6.45) is 5.26. The standard InChI is InChI=1S/C6H11N/c1-7-6-4-2-3-5-6/h1,6-7H,2-5H2. The fraction of sp³-hybridized carbons (Fsp3) is 0.833. The normalized spacial score (nSPS) is 23.6. The largest absolute Gasteiger partial charge is 0.308 e. The molecule has 0 heterocycles. The monoisotopic (exact) mass is 97.1 g/mol. The maximum absolute atomic E-state index is 5.18. The zero-order valence-corrected chi connectivity index (χ0v) is 4.48. The zero-order valence-electron chi connectivity index (χ0n) is 4.48. The molecule has 0 amide bonds. The predicted octanol–water partition coefficient (Wildman–Crippen LogP) is 1.19. The van der Waals surface area contributed by atoms with Crippen molar-refractivity contribution in [1.82, 2.24) is 5.32 Å². The van der Waals surface area contributed by atoms with Crippen molar-refractivity contribution in [2.45, 2.75) is 31.7 Å². The fourth-order valence-electron chi connectivity index (χ4n) is 1.09. The van der Waals surface area contributed by atoms with Gasteiger partial charge in [0.1, 0.15) is 0 Å². The van der Waals surface area contributed by atoms with E-state index in [2.05, 4.69) is 5.32 Å². The van der Waals surface area contributed by atoms with Crippen molar-refractivity contribution in [2.24, 2.45) is 0 Å². The van der Waals surface area contributed by atoms with Gasteiger partial charge in [0.05, 0.1) is 0 Å². The molecule has 0 atom stereocenters. The third-order valence-electron chi connectivity index (χ3n) is 1.59. The molecule has 0 aliphatic heterocycles. The molecule has 1 heteroatoms. The molecule has 1 N–H and O–H groups in total. The molecule has 0 aromatic heterocycles. The number of hydrogen-bond donors (Lipinski definition) is 1. The van der Waals surface area contributed by atoms with Gasteiger partial charge in [-0.05, 0) is 12.8 Å². The second-order valence-corrected chi connectivity index (χ2v) is 2.15. The Morgan fingerprint density at radius 2 is 1.86 bits per heavy atom. The number of nitrogens with one attached hydrogen (secondary N) is 1. The van der Waals surface area contributed by atoms with Crippen molar-refractivity contribution in [2.75, 3.05) is 0 Å². The van der Waals surface area contributed by atoms with Crippen molar-refractivity contribution in [1.29, 1.82) is 0 Å². The van der Waals surface area contributed by atoms with Gasteiger partial charge < -0.3 is 5.32 Å².